The Morgan fingerprint density at radius 1 is 1.42 bits per heavy atom. The second-order valence-corrected chi connectivity index (χ2v) is 6.05. The average molecular weight is 283 g/mol. The predicted octanol–water partition coefficient (Wildman–Crippen LogP) is 2.35. The summed E-state index contributed by atoms with van der Waals surface area (Å²) in [4.78, 5) is 17.4. The van der Waals surface area contributed by atoms with Crippen LogP contribution in [0.25, 0.3) is 0 Å². The smallest absolute Gasteiger partial charge is 0.178 e. The van der Waals surface area contributed by atoms with Crippen molar-refractivity contribution >= 4 is 17.6 Å². The van der Waals surface area contributed by atoms with Gasteiger partial charge in [0.1, 0.15) is 0 Å². The Kier molecular flexibility index (Phi) is 8.62. The van der Waals surface area contributed by atoms with Gasteiger partial charge in [-0.05, 0) is 59.4 Å². The Morgan fingerprint density at radius 2 is 2.16 bits per heavy atom. The lowest BCUT2D eigenvalue weighted by atomic mass is 10.1. The van der Waals surface area contributed by atoms with Crippen LogP contribution in [0.15, 0.2) is 6.20 Å². The Balaban J connectivity index is 0.000000200. The highest BCUT2D eigenvalue weighted by molar-refractivity contribution is 7.13. The number of piperidine rings is 1. The lowest BCUT2D eigenvalue weighted by molar-refractivity contribution is 0.112. The van der Waals surface area contributed by atoms with Crippen LogP contribution in [-0.4, -0.2) is 49.4 Å². The zero-order valence-corrected chi connectivity index (χ0v) is 12.8. The largest absolute Gasteiger partial charge is 0.320 e. The quantitative estimate of drug-likeness (QED) is 0.665. The lowest BCUT2D eigenvalue weighted by Gasteiger charge is -2.26. The molecule has 0 aromatic carbocycles. The third kappa shape index (κ3) is 7.40. The van der Waals surface area contributed by atoms with Crippen LogP contribution in [0, 0.1) is 6.92 Å². The summed E-state index contributed by atoms with van der Waals surface area (Å²) in [5, 5.41) is 3.74. The van der Waals surface area contributed by atoms with E-state index >= 15 is 0 Å². The van der Waals surface area contributed by atoms with Crippen molar-refractivity contribution in [3.63, 3.8) is 0 Å². The fourth-order valence-corrected chi connectivity index (χ4v) is 2.68. The first-order valence-corrected chi connectivity index (χ1v) is 7.82. The van der Waals surface area contributed by atoms with Gasteiger partial charge in [-0.25, -0.2) is 4.98 Å². The first-order valence-electron chi connectivity index (χ1n) is 7.01. The molecule has 0 bridgehead atoms. The fraction of sp³-hybridized carbons (Fsp3) is 0.714. The molecular weight excluding hydrogens is 258 g/mol. The molecule has 1 aliphatic heterocycles. The number of rotatable bonds is 5. The summed E-state index contributed by atoms with van der Waals surface area (Å²) < 4.78 is 0. The molecule has 5 heteroatoms. The van der Waals surface area contributed by atoms with E-state index in [0.29, 0.717) is 5.01 Å². The van der Waals surface area contributed by atoms with E-state index in [-0.39, 0.29) is 0 Å². The van der Waals surface area contributed by atoms with Crippen LogP contribution in [0.1, 0.15) is 40.4 Å². The van der Waals surface area contributed by atoms with Crippen molar-refractivity contribution in [2.75, 3.05) is 33.2 Å². The van der Waals surface area contributed by atoms with Crippen molar-refractivity contribution in [1.82, 2.24) is 15.2 Å². The molecule has 1 fully saturated rings. The summed E-state index contributed by atoms with van der Waals surface area (Å²) in [6.45, 7) is 7.05. The van der Waals surface area contributed by atoms with Gasteiger partial charge in [0.15, 0.2) is 11.3 Å². The molecule has 0 unspecified atom stereocenters. The van der Waals surface area contributed by atoms with Crippen molar-refractivity contribution in [2.45, 2.75) is 32.6 Å². The highest BCUT2D eigenvalue weighted by Gasteiger charge is 2.08. The normalized spacial score (nSPS) is 15.7. The number of thiazole rings is 1. The van der Waals surface area contributed by atoms with Crippen LogP contribution in [-0.2, 0) is 0 Å². The number of likely N-dealkylation sites (tertiary alicyclic amines) is 1. The molecule has 2 rings (SSSR count). The maximum absolute atomic E-state index is 9.97. The van der Waals surface area contributed by atoms with Gasteiger partial charge >= 0.3 is 0 Å². The van der Waals surface area contributed by atoms with Gasteiger partial charge in [0.2, 0.25) is 0 Å². The number of carbonyl (C=O) groups is 1. The molecule has 0 saturated carbocycles. The molecule has 0 atom stereocenters. The average Bonchev–Trinajstić information content (AvgIpc) is 2.87. The van der Waals surface area contributed by atoms with E-state index in [1.807, 2.05) is 14.0 Å². The lowest BCUT2D eigenvalue weighted by Crippen LogP contribution is -2.31. The number of hydrogen-bond acceptors (Lipinski definition) is 5. The van der Waals surface area contributed by atoms with Crippen LogP contribution in [0.4, 0.5) is 0 Å². The number of hydrogen-bond donors (Lipinski definition) is 1. The topological polar surface area (TPSA) is 45.2 Å². The van der Waals surface area contributed by atoms with Gasteiger partial charge in [-0.15, -0.1) is 11.3 Å². The van der Waals surface area contributed by atoms with Crippen molar-refractivity contribution < 1.29 is 4.79 Å². The van der Waals surface area contributed by atoms with Crippen molar-refractivity contribution in [1.29, 1.82) is 0 Å². The second-order valence-electron chi connectivity index (χ2n) is 4.79. The van der Waals surface area contributed by atoms with Crippen molar-refractivity contribution in [2.24, 2.45) is 0 Å². The van der Waals surface area contributed by atoms with Gasteiger partial charge in [-0.1, -0.05) is 6.42 Å². The summed E-state index contributed by atoms with van der Waals surface area (Å²) in [6.07, 6.45) is 8.03. The summed E-state index contributed by atoms with van der Waals surface area (Å²) in [5.74, 6) is 0. The van der Waals surface area contributed by atoms with Gasteiger partial charge in [0.05, 0.1) is 0 Å². The minimum Gasteiger partial charge on any atom is -0.320 e. The highest BCUT2D eigenvalue weighted by atomic mass is 32.1. The van der Waals surface area contributed by atoms with E-state index in [2.05, 4.69) is 15.2 Å². The van der Waals surface area contributed by atoms with E-state index in [1.165, 1.54) is 56.7 Å². The Labute approximate surface area is 120 Å². The summed E-state index contributed by atoms with van der Waals surface area (Å²) in [7, 11) is 2.02. The molecule has 4 nitrogen and oxygen atoms in total. The highest BCUT2D eigenvalue weighted by Crippen LogP contribution is 2.08. The summed E-state index contributed by atoms with van der Waals surface area (Å²) in [5.41, 5.74) is 0. The molecule has 1 N–H and O–H groups in total. The maximum atomic E-state index is 9.97. The molecule has 108 valence electrons. The van der Waals surface area contributed by atoms with E-state index in [9.17, 15) is 4.79 Å². The van der Waals surface area contributed by atoms with Crippen molar-refractivity contribution in [3.05, 3.63) is 16.1 Å². The molecular formula is C14H25N3OS. The molecule has 1 aromatic heterocycles. The maximum Gasteiger partial charge on any atom is 0.178 e. The number of aryl methyl sites for hydroxylation is 1. The minimum absolute atomic E-state index is 0.558. The molecule has 2 heterocycles. The van der Waals surface area contributed by atoms with Gasteiger partial charge in [0, 0.05) is 11.1 Å². The number of aromatic nitrogens is 1. The third-order valence-electron chi connectivity index (χ3n) is 3.09. The molecule has 19 heavy (non-hydrogen) atoms. The minimum atomic E-state index is 0.558. The third-order valence-corrected chi connectivity index (χ3v) is 3.93. The first-order chi connectivity index (χ1) is 9.26. The number of nitrogens with zero attached hydrogens (tertiary/aromatic N) is 2. The van der Waals surface area contributed by atoms with Crippen LogP contribution in [0.2, 0.25) is 0 Å². The summed E-state index contributed by atoms with van der Waals surface area (Å²) >= 11 is 1.41. The first kappa shape index (κ1) is 16.3. The van der Waals surface area contributed by atoms with Gasteiger partial charge in [-0.3, -0.25) is 4.79 Å². The zero-order chi connectivity index (χ0) is 13.9. The Morgan fingerprint density at radius 3 is 2.63 bits per heavy atom. The zero-order valence-electron chi connectivity index (χ0n) is 12.0. The summed E-state index contributed by atoms with van der Waals surface area (Å²) in [6, 6.07) is 0. The van der Waals surface area contributed by atoms with Gasteiger partial charge < -0.3 is 10.2 Å². The number of carbonyl (C=O) groups excluding carboxylic acids is 1. The van der Waals surface area contributed by atoms with Crippen molar-refractivity contribution in [3.8, 4) is 0 Å². The van der Waals surface area contributed by atoms with Gasteiger partial charge in [-0.2, -0.15) is 0 Å². The van der Waals surface area contributed by atoms with Gasteiger partial charge in [0.25, 0.3) is 0 Å². The Bertz CT molecular complexity index is 348. The van der Waals surface area contributed by atoms with E-state index in [0.717, 1.165) is 17.7 Å². The standard InChI is InChI=1S/C9H20N2.C5H5NOS/c1-10-6-5-9-11-7-3-2-4-8-11;1-4-2-6-5(3-7)8-4/h10H,2-9H2,1H3;2-3H,1H3. The molecule has 1 aliphatic rings. The van der Waals surface area contributed by atoms with Crippen LogP contribution in [0.3, 0.4) is 0 Å². The number of aldehydes is 1. The SMILES string of the molecule is CNCCCN1CCCCC1.Cc1cnc(C=O)s1. The second kappa shape index (κ2) is 10.1. The Hall–Kier alpha value is -0.780. The van der Waals surface area contributed by atoms with Crippen LogP contribution in [0.5, 0.6) is 0 Å². The predicted molar refractivity (Wildman–Crippen MR) is 81.1 cm³/mol. The fourth-order valence-electron chi connectivity index (χ4n) is 2.09. The van der Waals surface area contributed by atoms with Crippen LogP contribution < -0.4 is 5.32 Å². The molecule has 1 saturated heterocycles. The molecule has 1 aromatic rings. The molecule has 0 aliphatic carbocycles. The molecule has 0 spiro atoms. The van der Waals surface area contributed by atoms with E-state index in [1.54, 1.807) is 6.20 Å². The molecule has 0 amide bonds. The number of nitrogens with one attached hydrogen (secondary N) is 1. The molecule has 0 radical (unpaired) electrons. The van der Waals surface area contributed by atoms with Crippen LogP contribution >= 0.6 is 11.3 Å². The van der Waals surface area contributed by atoms with E-state index < -0.39 is 0 Å². The monoisotopic (exact) mass is 283 g/mol. The van der Waals surface area contributed by atoms with E-state index in [4.69, 9.17) is 0 Å².